The highest BCUT2D eigenvalue weighted by atomic mass is 19.1. The van der Waals surface area contributed by atoms with Crippen LogP contribution in [-0.4, -0.2) is 19.6 Å². The second-order valence-corrected chi connectivity index (χ2v) is 6.20. The van der Waals surface area contributed by atoms with Gasteiger partial charge in [0, 0.05) is 18.7 Å². The Kier molecular flexibility index (Phi) is 4.84. The number of rotatable bonds is 4. The summed E-state index contributed by atoms with van der Waals surface area (Å²) in [5, 5.41) is 0. The van der Waals surface area contributed by atoms with Crippen LogP contribution in [0.1, 0.15) is 29.5 Å². The van der Waals surface area contributed by atoms with Gasteiger partial charge in [-0.1, -0.05) is 24.3 Å². The van der Waals surface area contributed by atoms with Gasteiger partial charge in [-0.05, 0) is 55.0 Å². The van der Waals surface area contributed by atoms with Crippen molar-refractivity contribution >= 4 is 11.6 Å². The number of amides is 1. The molecule has 3 rings (SSSR count). The van der Waals surface area contributed by atoms with Crippen molar-refractivity contribution in [2.75, 3.05) is 18.6 Å². The molecule has 4 heteroatoms. The van der Waals surface area contributed by atoms with Crippen molar-refractivity contribution in [2.24, 2.45) is 0 Å². The van der Waals surface area contributed by atoms with E-state index in [4.69, 9.17) is 4.74 Å². The normalized spacial score (nSPS) is 13.5. The molecule has 0 saturated heterocycles. The van der Waals surface area contributed by atoms with E-state index < -0.39 is 0 Å². The number of hydrogen-bond acceptors (Lipinski definition) is 2. The van der Waals surface area contributed by atoms with E-state index in [2.05, 4.69) is 6.07 Å². The standard InChI is InChI=1S/C20H22FNO2/c1-14-5-3-6-16-7-4-12-22(20(14)16)19(23)11-9-15-8-10-18(24-2)17(21)13-15/h3,5-6,8,10,13H,4,7,9,11-12H2,1-2H3. The molecule has 0 radical (unpaired) electrons. The Morgan fingerprint density at radius 1 is 1.29 bits per heavy atom. The van der Waals surface area contributed by atoms with Crippen LogP contribution in [0.25, 0.3) is 0 Å². The van der Waals surface area contributed by atoms with E-state index in [0.717, 1.165) is 36.2 Å². The van der Waals surface area contributed by atoms with Crippen molar-refractivity contribution in [1.29, 1.82) is 0 Å². The number of aryl methyl sites for hydroxylation is 3. The molecule has 0 atom stereocenters. The maximum atomic E-state index is 13.8. The van der Waals surface area contributed by atoms with Gasteiger partial charge in [0.25, 0.3) is 0 Å². The molecule has 1 heterocycles. The Bertz CT molecular complexity index is 757. The largest absolute Gasteiger partial charge is 0.494 e. The summed E-state index contributed by atoms with van der Waals surface area (Å²) in [6, 6.07) is 11.0. The topological polar surface area (TPSA) is 29.5 Å². The Labute approximate surface area is 142 Å². The molecule has 0 spiro atoms. The lowest BCUT2D eigenvalue weighted by molar-refractivity contribution is -0.118. The number of para-hydroxylation sites is 1. The van der Waals surface area contributed by atoms with Gasteiger partial charge in [0.05, 0.1) is 7.11 Å². The predicted octanol–water partition coefficient (Wildman–Crippen LogP) is 4.05. The first-order chi connectivity index (χ1) is 11.6. The number of hydrogen-bond donors (Lipinski definition) is 0. The summed E-state index contributed by atoms with van der Waals surface area (Å²) >= 11 is 0. The second kappa shape index (κ2) is 7.04. The highest BCUT2D eigenvalue weighted by molar-refractivity contribution is 5.95. The number of carbonyl (C=O) groups excluding carboxylic acids is 1. The minimum absolute atomic E-state index is 0.0986. The smallest absolute Gasteiger partial charge is 0.227 e. The minimum Gasteiger partial charge on any atom is -0.494 e. The first-order valence-electron chi connectivity index (χ1n) is 8.31. The summed E-state index contributed by atoms with van der Waals surface area (Å²) in [7, 11) is 1.44. The first-order valence-corrected chi connectivity index (χ1v) is 8.31. The van der Waals surface area contributed by atoms with Crippen LogP contribution in [0, 0.1) is 12.7 Å². The third-order valence-electron chi connectivity index (χ3n) is 4.56. The Hall–Kier alpha value is -2.36. The van der Waals surface area contributed by atoms with Crippen LogP contribution in [0.2, 0.25) is 0 Å². The van der Waals surface area contributed by atoms with E-state index in [1.807, 2.05) is 30.0 Å². The summed E-state index contributed by atoms with van der Waals surface area (Å²) in [5.74, 6) is -0.0613. The van der Waals surface area contributed by atoms with Crippen molar-refractivity contribution in [3.8, 4) is 5.75 Å². The quantitative estimate of drug-likeness (QED) is 0.848. The molecule has 2 aromatic carbocycles. The summed E-state index contributed by atoms with van der Waals surface area (Å²) in [6.45, 7) is 2.80. The second-order valence-electron chi connectivity index (χ2n) is 6.20. The predicted molar refractivity (Wildman–Crippen MR) is 93.1 cm³/mol. The fourth-order valence-corrected chi connectivity index (χ4v) is 3.35. The van der Waals surface area contributed by atoms with Crippen LogP contribution in [-0.2, 0) is 17.6 Å². The number of methoxy groups -OCH3 is 1. The van der Waals surface area contributed by atoms with Gasteiger partial charge in [-0.25, -0.2) is 4.39 Å². The van der Waals surface area contributed by atoms with Crippen molar-refractivity contribution in [2.45, 2.75) is 32.6 Å². The molecule has 3 nitrogen and oxygen atoms in total. The van der Waals surface area contributed by atoms with Crippen molar-refractivity contribution in [3.05, 3.63) is 58.9 Å². The van der Waals surface area contributed by atoms with Gasteiger partial charge in [-0.2, -0.15) is 0 Å². The van der Waals surface area contributed by atoms with E-state index >= 15 is 0 Å². The molecule has 126 valence electrons. The summed E-state index contributed by atoms with van der Waals surface area (Å²) in [5.41, 5.74) is 4.25. The minimum atomic E-state index is -0.387. The van der Waals surface area contributed by atoms with Crippen LogP contribution < -0.4 is 9.64 Å². The lowest BCUT2D eigenvalue weighted by atomic mass is 9.97. The lowest BCUT2D eigenvalue weighted by Crippen LogP contribution is -2.36. The molecule has 0 saturated carbocycles. The van der Waals surface area contributed by atoms with Crippen molar-refractivity contribution in [3.63, 3.8) is 0 Å². The molecule has 0 aliphatic carbocycles. The van der Waals surface area contributed by atoms with Gasteiger partial charge in [-0.3, -0.25) is 4.79 Å². The van der Waals surface area contributed by atoms with Gasteiger partial charge in [0.15, 0.2) is 11.6 Å². The summed E-state index contributed by atoms with van der Waals surface area (Å²) in [6.07, 6.45) is 2.90. The van der Waals surface area contributed by atoms with E-state index in [0.29, 0.717) is 12.8 Å². The molecule has 1 amide bonds. The number of nitrogens with zero attached hydrogens (tertiary/aromatic N) is 1. The lowest BCUT2D eigenvalue weighted by Gasteiger charge is -2.31. The molecule has 24 heavy (non-hydrogen) atoms. The zero-order chi connectivity index (χ0) is 17.1. The monoisotopic (exact) mass is 327 g/mol. The maximum absolute atomic E-state index is 13.8. The zero-order valence-electron chi connectivity index (χ0n) is 14.1. The Morgan fingerprint density at radius 2 is 2.12 bits per heavy atom. The average molecular weight is 327 g/mol. The molecule has 1 aliphatic heterocycles. The first kappa shape index (κ1) is 16.5. The van der Waals surface area contributed by atoms with Gasteiger partial charge in [0.1, 0.15) is 0 Å². The number of halogens is 1. The molecule has 2 aromatic rings. The molecule has 0 fully saturated rings. The van der Waals surface area contributed by atoms with Crippen LogP contribution in [0.15, 0.2) is 36.4 Å². The summed E-state index contributed by atoms with van der Waals surface area (Å²) in [4.78, 5) is 14.6. The maximum Gasteiger partial charge on any atom is 0.227 e. The number of carbonyl (C=O) groups is 1. The fourth-order valence-electron chi connectivity index (χ4n) is 3.35. The van der Waals surface area contributed by atoms with Crippen LogP contribution in [0.5, 0.6) is 5.75 Å². The van der Waals surface area contributed by atoms with Crippen LogP contribution in [0.3, 0.4) is 0 Å². The zero-order valence-corrected chi connectivity index (χ0v) is 14.1. The summed E-state index contributed by atoms with van der Waals surface area (Å²) < 4.78 is 18.7. The third kappa shape index (κ3) is 3.28. The highest BCUT2D eigenvalue weighted by Gasteiger charge is 2.23. The molecule has 0 unspecified atom stereocenters. The number of benzene rings is 2. The molecule has 1 aliphatic rings. The number of anilines is 1. The van der Waals surface area contributed by atoms with Gasteiger partial charge >= 0.3 is 0 Å². The van der Waals surface area contributed by atoms with Crippen LogP contribution in [0.4, 0.5) is 10.1 Å². The average Bonchev–Trinajstić information content (AvgIpc) is 2.59. The molecular weight excluding hydrogens is 305 g/mol. The molecule has 0 N–H and O–H groups in total. The van der Waals surface area contributed by atoms with Gasteiger partial charge < -0.3 is 9.64 Å². The molecular formula is C20H22FNO2. The molecule has 0 bridgehead atoms. The van der Waals surface area contributed by atoms with E-state index in [1.165, 1.54) is 18.7 Å². The van der Waals surface area contributed by atoms with Crippen molar-refractivity contribution < 1.29 is 13.9 Å². The molecule has 0 aromatic heterocycles. The van der Waals surface area contributed by atoms with E-state index in [9.17, 15) is 9.18 Å². The fraction of sp³-hybridized carbons (Fsp3) is 0.350. The number of ether oxygens (including phenoxy) is 1. The Balaban J connectivity index is 1.72. The van der Waals surface area contributed by atoms with Crippen LogP contribution >= 0.6 is 0 Å². The van der Waals surface area contributed by atoms with Gasteiger partial charge in [-0.15, -0.1) is 0 Å². The number of fused-ring (bicyclic) bond motifs is 1. The van der Waals surface area contributed by atoms with Crippen molar-refractivity contribution in [1.82, 2.24) is 0 Å². The SMILES string of the molecule is COc1ccc(CCC(=O)N2CCCc3cccc(C)c32)cc1F. The van der Waals surface area contributed by atoms with Gasteiger partial charge in [0.2, 0.25) is 5.91 Å². The van der Waals surface area contributed by atoms with E-state index in [-0.39, 0.29) is 17.5 Å². The van der Waals surface area contributed by atoms with E-state index in [1.54, 1.807) is 6.07 Å². The third-order valence-corrected chi connectivity index (χ3v) is 4.56. The highest BCUT2D eigenvalue weighted by Crippen LogP contribution is 2.31. The Morgan fingerprint density at radius 3 is 2.88 bits per heavy atom.